The van der Waals surface area contributed by atoms with E-state index in [9.17, 15) is 10.2 Å². The van der Waals surface area contributed by atoms with Crippen LogP contribution in [0, 0.1) is 6.92 Å². The Kier molecular flexibility index (Phi) is 13.7. The van der Waals surface area contributed by atoms with Gasteiger partial charge in [0.25, 0.3) is 0 Å². The molecule has 0 atom stereocenters. The van der Waals surface area contributed by atoms with Crippen molar-refractivity contribution in [1.82, 2.24) is 14.8 Å². The van der Waals surface area contributed by atoms with E-state index in [1.54, 1.807) is 18.2 Å². The Morgan fingerprint density at radius 3 is 2.20 bits per heavy atom. The first-order chi connectivity index (χ1) is 11.9. The van der Waals surface area contributed by atoms with E-state index in [1.807, 2.05) is 51.3 Å². The maximum absolute atomic E-state index is 9.75. The summed E-state index contributed by atoms with van der Waals surface area (Å²) in [5, 5.41) is 27.2. The smallest absolute Gasteiger partial charge is 0.227 e. The van der Waals surface area contributed by atoms with Gasteiger partial charge in [0.2, 0.25) is 5.95 Å². The number of allylic oxidation sites excluding steroid dienone is 1. The fourth-order valence-electron chi connectivity index (χ4n) is 1.76. The van der Waals surface area contributed by atoms with Gasteiger partial charge >= 0.3 is 0 Å². The number of rotatable bonds is 3. The van der Waals surface area contributed by atoms with E-state index in [-0.39, 0.29) is 11.5 Å². The minimum atomic E-state index is -0.116. The maximum Gasteiger partial charge on any atom is 0.227 e. The normalized spacial score (nSPS) is 8.64. The predicted octanol–water partition coefficient (Wildman–Crippen LogP) is 2.96. The summed E-state index contributed by atoms with van der Waals surface area (Å²) in [7, 11) is 5.23. The molecule has 1 aromatic heterocycles. The highest BCUT2D eigenvalue weighted by atomic mass is 16.3. The largest absolute Gasteiger partial charge is 0.504 e. The van der Waals surface area contributed by atoms with E-state index in [4.69, 9.17) is 0 Å². The second-order valence-corrected chi connectivity index (χ2v) is 4.66. The number of anilines is 1. The molecule has 0 saturated carbocycles. The minimum Gasteiger partial charge on any atom is -0.504 e. The fourth-order valence-corrected chi connectivity index (χ4v) is 1.76. The molecule has 0 aliphatic rings. The third kappa shape index (κ3) is 7.71. The lowest BCUT2D eigenvalue weighted by atomic mass is 10.2. The predicted molar refractivity (Wildman–Crippen MR) is 105 cm³/mol. The lowest BCUT2D eigenvalue weighted by molar-refractivity contribution is 0.399. The Bertz CT molecular complexity index is 612. The van der Waals surface area contributed by atoms with E-state index in [1.165, 1.54) is 13.1 Å². The van der Waals surface area contributed by atoms with Gasteiger partial charge < -0.3 is 25.4 Å². The van der Waals surface area contributed by atoms with Crippen molar-refractivity contribution in [3.05, 3.63) is 42.2 Å². The summed E-state index contributed by atoms with van der Waals surface area (Å²) >= 11 is 0. The number of hydrogen-bond donors (Lipinski definition) is 3. The second kappa shape index (κ2) is 13.9. The number of aryl methyl sites for hydroxylation is 1. The number of phenols is 2. The Labute approximate surface area is 151 Å². The molecular weight excluding hydrogens is 318 g/mol. The van der Waals surface area contributed by atoms with Crippen molar-refractivity contribution in [2.24, 2.45) is 12.8 Å². The van der Waals surface area contributed by atoms with Crippen molar-refractivity contribution < 1.29 is 10.2 Å². The van der Waals surface area contributed by atoms with Crippen LogP contribution in [0.5, 0.6) is 11.5 Å². The average Bonchev–Trinajstić information content (AvgIpc) is 2.95. The quantitative estimate of drug-likeness (QED) is 0.580. The summed E-state index contributed by atoms with van der Waals surface area (Å²) in [6.07, 6.45) is 1.75. The van der Waals surface area contributed by atoms with Crippen LogP contribution in [-0.2, 0) is 13.6 Å². The van der Waals surface area contributed by atoms with Gasteiger partial charge in [-0.05, 0) is 27.0 Å². The molecule has 25 heavy (non-hydrogen) atoms. The molecule has 142 valence electrons. The third-order valence-corrected chi connectivity index (χ3v) is 2.92. The van der Waals surface area contributed by atoms with Crippen molar-refractivity contribution in [3.8, 4) is 11.5 Å². The van der Waals surface area contributed by atoms with Crippen LogP contribution in [0.4, 0.5) is 5.95 Å². The van der Waals surface area contributed by atoms with Gasteiger partial charge in [-0.2, -0.15) is 0 Å². The molecule has 0 saturated heterocycles. The molecule has 7 nitrogen and oxygen atoms in total. The van der Waals surface area contributed by atoms with Crippen molar-refractivity contribution >= 4 is 5.95 Å². The summed E-state index contributed by atoms with van der Waals surface area (Å²) in [6.45, 7) is 11.6. The van der Waals surface area contributed by atoms with Gasteiger partial charge in [-0.25, -0.2) is 0 Å². The Balaban J connectivity index is 0. The average molecular weight is 351 g/mol. The van der Waals surface area contributed by atoms with Crippen LogP contribution in [-0.4, -0.2) is 39.1 Å². The Hall–Kier alpha value is -2.54. The molecule has 2 rings (SSSR count). The molecule has 0 aliphatic heterocycles. The number of aromatic hydroxyl groups is 2. The zero-order valence-corrected chi connectivity index (χ0v) is 16.5. The van der Waals surface area contributed by atoms with E-state index in [2.05, 4.69) is 22.5 Å². The van der Waals surface area contributed by atoms with Gasteiger partial charge in [0.1, 0.15) is 5.82 Å². The first-order valence-corrected chi connectivity index (χ1v) is 8.14. The summed E-state index contributed by atoms with van der Waals surface area (Å²) in [6, 6.07) is 4.90. The number of phenolic OH excluding ortho intramolecular Hbond substituents is 2. The zero-order chi connectivity index (χ0) is 20.0. The molecule has 7 heteroatoms. The van der Waals surface area contributed by atoms with Crippen LogP contribution in [0.25, 0.3) is 0 Å². The molecule has 0 amide bonds. The summed E-state index contributed by atoms with van der Waals surface area (Å²) in [5.74, 6) is 1.31. The van der Waals surface area contributed by atoms with E-state index in [0.717, 1.165) is 5.82 Å². The lowest BCUT2D eigenvalue weighted by Gasteiger charge is -2.18. The Morgan fingerprint density at radius 1 is 1.24 bits per heavy atom. The van der Waals surface area contributed by atoms with E-state index in [0.29, 0.717) is 18.1 Å². The standard InChI is InChI=1S/C12H16N4O2.C3H6.C2H6.CH5N/c1-8-13-14-12(16(8)3)15(2)7-9-5-4-6-10(17)11(9)18;1-3-2;2*1-2/h4-6,17-18H,7H2,1-3H3;3H,1H2,2H3;1-2H3;2H2,1H3. The molecular formula is C18H33N5O2. The number of para-hydroxylation sites is 1. The van der Waals surface area contributed by atoms with Crippen LogP contribution >= 0.6 is 0 Å². The van der Waals surface area contributed by atoms with Gasteiger partial charge in [-0.15, -0.1) is 16.8 Å². The lowest BCUT2D eigenvalue weighted by Crippen LogP contribution is -2.20. The monoisotopic (exact) mass is 351 g/mol. The van der Waals surface area contributed by atoms with Crippen LogP contribution in [0.2, 0.25) is 0 Å². The number of benzene rings is 1. The molecule has 0 fully saturated rings. The van der Waals surface area contributed by atoms with E-state index < -0.39 is 0 Å². The van der Waals surface area contributed by atoms with E-state index >= 15 is 0 Å². The van der Waals surface area contributed by atoms with Gasteiger partial charge in [-0.3, -0.25) is 0 Å². The van der Waals surface area contributed by atoms with Gasteiger partial charge in [0.05, 0.1) is 0 Å². The highest BCUT2D eigenvalue weighted by Gasteiger charge is 2.13. The van der Waals surface area contributed by atoms with Crippen molar-refractivity contribution in [3.63, 3.8) is 0 Å². The number of hydrogen-bond acceptors (Lipinski definition) is 6. The fraction of sp³-hybridized carbons (Fsp3) is 0.444. The maximum atomic E-state index is 9.75. The summed E-state index contributed by atoms with van der Waals surface area (Å²) < 4.78 is 1.86. The number of nitrogens with two attached hydrogens (primary N) is 1. The molecule has 0 spiro atoms. The van der Waals surface area contributed by atoms with Gasteiger partial charge in [-0.1, -0.05) is 32.1 Å². The third-order valence-electron chi connectivity index (χ3n) is 2.92. The van der Waals surface area contributed by atoms with Crippen molar-refractivity contribution in [1.29, 1.82) is 0 Å². The minimum absolute atomic E-state index is 0.0942. The molecule has 0 unspecified atom stereocenters. The second-order valence-electron chi connectivity index (χ2n) is 4.66. The first kappa shape index (κ1) is 24.7. The van der Waals surface area contributed by atoms with Crippen LogP contribution in [0.3, 0.4) is 0 Å². The van der Waals surface area contributed by atoms with Crippen molar-refractivity contribution in [2.75, 3.05) is 19.0 Å². The SMILES string of the molecule is C=CC.CC.CN.Cc1nnc(N(C)Cc2cccc(O)c2O)n1C. The zero-order valence-electron chi connectivity index (χ0n) is 16.5. The molecule has 0 aliphatic carbocycles. The van der Waals surface area contributed by atoms with Crippen LogP contribution < -0.4 is 10.6 Å². The Morgan fingerprint density at radius 2 is 1.76 bits per heavy atom. The highest BCUT2D eigenvalue weighted by Crippen LogP contribution is 2.29. The molecule has 2 aromatic rings. The number of aromatic nitrogens is 3. The summed E-state index contributed by atoms with van der Waals surface area (Å²) in [4.78, 5) is 1.86. The molecule has 0 bridgehead atoms. The summed E-state index contributed by atoms with van der Waals surface area (Å²) in [5.41, 5.74) is 5.14. The van der Waals surface area contributed by atoms with Gasteiger partial charge in [0.15, 0.2) is 11.5 Å². The molecule has 1 heterocycles. The molecule has 4 N–H and O–H groups in total. The number of nitrogens with zero attached hydrogens (tertiary/aromatic N) is 4. The van der Waals surface area contributed by atoms with Crippen LogP contribution in [0.15, 0.2) is 30.9 Å². The molecule has 0 radical (unpaired) electrons. The van der Waals surface area contributed by atoms with Crippen LogP contribution in [0.1, 0.15) is 32.2 Å². The van der Waals surface area contributed by atoms with Gasteiger partial charge in [0, 0.05) is 26.2 Å². The topological polar surface area (TPSA) is 100 Å². The van der Waals surface area contributed by atoms with Crippen molar-refractivity contribution in [2.45, 2.75) is 34.2 Å². The molecule has 1 aromatic carbocycles. The highest BCUT2D eigenvalue weighted by molar-refractivity contribution is 5.46. The first-order valence-electron chi connectivity index (χ1n) is 8.14.